The molecular weight excluding hydrogens is 242 g/mol. The summed E-state index contributed by atoms with van der Waals surface area (Å²) in [7, 11) is 3.67. The quantitative estimate of drug-likeness (QED) is 0.785. The van der Waals surface area contributed by atoms with Crippen molar-refractivity contribution < 1.29 is 4.74 Å². The Balaban J connectivity index is 1.95. The Labute approximate surface area is 113 Å². The molecular formula is C13H19N5O. The Hall–Kier alpha value is -1.95. The van der Waals surface area contributed by atoms with Gasteiger partial charge >= 0.3 is 0 Å². The highest BCUT2D eigenvalue weighted by molar-refractivity contribution is 5.17. The number of aryl methyl sites for hydroxylation is 1. The molecule has 0 fully saturated rings. The minimum Gasteiger partial charge on any atom is -0.481 e. The van der Waals surface area contributed by atoms with E-state index in [0.717, 1.165) is 31.0 Å². The van der Waals surface area contributed by atoms with Crippen LogP contribution in [0.4, 0.5) is 0 Å². The molecule has 0 saturated heterocycles. The molecule has 0 aromatic carbocycles. The van der Waals surface area contributed by atoms with Crippen LogP contribution < -0.4 is 4.74 Å². The fourth-order valence-corrected chi connectivity index (χ4v) is 1.90. The van der Waals surface area contributed by atoms with Gasteiger partial charge in [0, 0.05) is 25.4 Å². The number of methoxy groups -OCH3 is 1. The monoisotopic (exact) mass is 261 g/mol. The summed E-state index contributed by atoms with van der Waals surface area (Å²) in [6.45, 7) is 4.55. The van der Waals surface area contributed by atoms with Gasteiger partial charge in [0.25, 0.3) is 0 Å². The van der Waals surface area contributed by atoms with Crippen LogP contribution in [0.2, 0.25) is 0 Å². The molecule has 0 aliphatic carbocycles. The second-order valence-electron chi connectivity index (χ2n) is 4.41. The zero-order chi connectivity index (χ0) is 13.7. The van der Waals surface area contributed by atoms with E-state index in [4.69, 9.17) is 4.74 Å². The standard InChI is InChI=1S/C13H19N5O/c1-4-18-10-15-16-12(18)9-17(2)8-11-5-6-13(19-3)14-7-11/h5-7,10H,4,8-9H2,1-3H3. The van der Waals surface area contributed by atoms with Gasteiger partial charge in [-0.2, -0.15) is 0 Å². The van der Waals surface area contributed by atoms with Gasteiger partial charge in [-0.3, -0.25) is 4.90 Å². The normalized spacial score (nSPS) is 10.9. The van der Waals surface area contributed by atoms with Gasteiger partial charge in [0.05, 0.1) is 13.7 Å². The lowest BCUT2D eigenvalue weighted by molar-refractivity contribution is 0.304. The van der Waals surface area contributed by atoms with Crippen LogP contribution in [0, 0.1) is 0 Å². The summed E-state index contributed by atoms with van der Waals surface area (Å²) in [5, 5.41) is 8.06. The molecule has 0 aliphatic rings. The van der Waals surface area contributed by atoms with Crippen molar-refractivity contribution in [1.82, 2.24) is 24.6 Å². The number of pyridine rings is 1. The van der Waals surface area contributed by atoms with Gasteiger partial charge in [-0.1, -0.05) is 6.07 Å². The first-order valence-corrected chi connectivity index (χ1v) is 6.27. The lowest BCUT2D eigenvalue weighted by atomic mass is 10.2. The van der Waals surface area contributed by atoms with Crippen molar-refractivity contribution in [2.24, 2.45) is 0 Å². The number of hydrogen-bond donors (Lipinski definition) is 0. The lowest BCUT2D eigenvalue weighted by Crippen LogP contribution is -2.20. The van der Waals surface area contributed by atoms with E-state index in [1.165, 1.54) is 0 Å². The molecule has 2 aromatic heterocycles. The van der Waals surface area contributed by atoms with E-state index < -0.39 is 0 Å². The van der Waals surface area contributed by atoms with E-state index in [1.54, 1.807) is 13.4 Å². The maximum atomic E-state index is 5.04. The van der Waals surface area contributed by atoms with Crippen LogP contribution in [-0.2, 0) is 19.6 Å². The van der Waals surface area contributed by atoms with Crippen molar-refractivity contribution in [2.75, 3.05) is 14.2 Å². The molecule has 0 saturated carbocycles. The zero-order valence-corrected chi connectivity index (χ0v) is 11.6. The molecule has 0 radical (unpaired) electrons. The molecule has 0 bridgehead atoms. The predicted molar refractivity (Wildman–Crippen MR) is 71.7 cm³/mol. The Morgan fingerprint density at radius 2 is 2.16 bits per heavy atom. The van der Waals surface area contributed by atoms with Crippen molar-refractivity contribution in [1.29, 1.82) is 0 Å². The number of nitrogens with zero attached hydrogens (tertiary/aromatic N) is 5. The Morgan fingerprint density at radius 1 is 1.32 bits per heavy atom. The number of ether oxygens (including phenoxy) is 1. The summed E-state index contributed by atoms with van der Waals surface area (Å²) >= 11 is 0. The van der Waals surface area contributed by atoms with E-state index >= 15 is 0 Å². The third-order valence-electron chi connectivity index (χ3n) is 2.91. The fourth-order valence-electron chi connectivity index (χ4n) is 1.90. The predicted octanol–water partition coefficient (Wildman–Crippen LogP) is 1.33. The zero-order valence-electron chi connectivity index (χ0n) is 11.6. The molecule has 102 valence electrons. The van der Waals surface area contributed by atoms with Crippen LogP contribution in [-0.4, -0.2) is 38.8 Å². The van der Waals surface area contributed by atoms with Gasteiger partial charge in [-0.15, -0.1) is 10.2 Å². The molecule has 0 unspecified atom stereocenters. The van der Waals surface area contributed by atoms with E-state index in [1.807, 2.05) is 22.9 Å². The highest BCUT2D eigenvalue weighted by Gasteiger charge is 2.07. The summed E-state index contributed by atoms with van der Waals surface area (Å²) in [5.74, 6) is 1.61. The van der Waals surface area contributed by atoms with E-state index in [2.05, 4.69) is 34.1 Å². The maximum absolute atomic E-state index is 5.04. The van der Waals surface area contributed by atoms with Crippen molar-refractivity contribution in [3.05, 3.63) is 36.0 Å². The van der Waals surface area contributed by atoms with Crippen LogP contribution in [0.5, 0.6) is 5.88 Å². The first-order chi connectivity index (χ1) is 9.22. The number of aromatic nitrogens is 4. The maximum Gasteiger partial charge on any atom is 0.212 e. The minimum absolute atomic E-state index is 0.636. The fraction of sp³-hybridized carbons (Fsp3) is 0.462. The summed E-state index contributed by atoms with van der Waals surface area (Å²) in [6.07, 6.45) is 3.60. The van der Waals surface area contributed by atoms with Gasteiger partial charge in [-0.05, 0) is 19.5 Å². The second-order valence-corrected chi connectivity index (χ2v) is 4.41. The van der Waals surface area contributed by atoms with Crippen LogP contribution in [0.25, 0.3) is 0 Å². The molecule has 2 rings (SSSR count). The van der Waals surface area contributed by atoms with Gasteiger partial charge in [0.2, 0.25) is 5.88 Å². The molecule has 0 N–H and O–H groups in total. The van der Waals surface area contributed by atoms with Crippen LogP contribution in [0.15, 0.2) is 24.7 Å². The molecule has 2 heterocycles. The summed E-state index contributed by atoms with van der Waals surface area (Å²) in [6, 6.07) is 3.89. The highest BCUT2D eigenvalue weighted by Crippen LogP contribution is 2.09. The molecule has 6 nitrogen and oxygen atoms in total. The number of hydrogen-bond acceptors (Lipinski definition) is 5. The van der Waals surface area contributed by atoms with E-state index in [0.29, 0.717) is 5.88 Å². The SMILES string of the molecule is CCn1cnnc1CN(C)Cc1ccc(OC)nc1. The average molecular weight is 261 g/mol. The van der Waals surface area contributed by atoms with E-state index in [-0.39, 0.29) is 0 Å². The van der Waals surface area contributed by atoms with Gasteiger partial charge in [-0.25, -0.2) is 4.98 Å². The smallest absolute Gasteiger partial charge is 0.212 e. The lowest BCUT2D eigenvalue weighted by Gasteiger charge is -2.16. The van der Waals surface area contributed by atoms with Crippen molar-refractivity contribution in [3.63, 3.8) is 0 Å². The topological polar surface area (TPSA) is 56.1 Å². The third kappa shape index (κ3) is 3.51. The summed E-state index contributed by atoms with van der Waals surface area (Å²) in [4.78, 5) is 6.38. The van der Waals surface area contributed by atoms with Gasteiger partial charge in [0.1, 0.15) is 12.2 Å². The third-order valence-corrected chi connectivity index (χ3v) is 2.91. The van der Waals surface area contributed by atoms with Crippen molar-refractivity contribution in [2.45, 2.75) is 26.6 Å². The molecule has 2 aromatic rings. The molecule has 0 atom stereocenters. The molecule has 0 amide bonds. The van der Waals surface area contributed by atoms with Crippen LogP contribution in [0.3, 0.4) is 0 Å². The number of rotatable bonds is 6. The Kier molecular flexibility index (Phi) is 4.46. The highest BCUT2D eigenvalue weighted by atomic mass is 16.5. The van der Waals surface area contributed by atoms with Gasteiger partial charge in [0.15, 0.2) is 0 Å². The van der Waals surface area contributed by atoms with E-state index in [9.17, 15) is 0 Å². The summed E-state index contributed by atoms with van der Waals surface area (Å²) in [5.41, 5.74) is 1.14. The Bertz CT molecular complexity index is 508. The molecule has 0 spiro atoms. The molecule has 6 heteroatoms. The van der Waals surface area contributed by atoms with Crippen LogP contribution in [0.1, 0.15) is 18.3 Å². The second kappa shape index (κ2) is 6.29. The first-order valence-electron chi connectivity index (χ1n) is 6.27. The largest absolute Gasteiger partial charge is 0.481 e. The average Bonchev–Trinajstić information content (AvgIpc) is 2.86. The molecule has 19 heavy (non-hydrogen) atoms. The summed E-state index contributed by atoms with van der Waals surface area (Å²) < 4.78 is 7.09. The van der Waals surface area contributed by atoms with Crippen molar-refractivity contribution >= 4 is 0 Å². The Morgan fingerprint density at radius 3 is 2.79 bits per heavy atom. The van der Waals surface area contributed by atoms with Crippen LogP contribution >= 0.6 is 0 Å². The minimum atomic E-state index is 0.636. The van der Waals surface area contributed by atoms with Crippen molar-refractivity contribution in [3.8, 4) is 5.88 Å². The first kappa shape index (κ1) is 13.5. The molecule has 0 aliphatic heterocycles. The van der Waals surface area contributed by atoms with Gasteiger partial charge < -0.3 is 9.30 Å².